The number of amides is 1. The van der Waals surface area contributed by atoms with E-state index >= 15 is 0 Å². The molecule has 28 heavy (non-hydrogen) atoms. The molecule has 1 fully saturated rings. The quantitative estimate of drug-likeness (QED) is 0.628. The van der Waals surface area contributed by atoms with Gasteiger partial charge in [-0.15, -0.1) is 0 Å². The van der Waals surface area contributed by atoms with Gasteiger partial charge in [0.05, 0.1) is 11.0 Å². The molecule has 5 nitrogen and oxygen atoms in total. The summed E-state index contributed by atoms with van der Waals surface area (Å²) >= 11 is 5.94. The van der Waals surface area contributed by atoms with Gasteiger partial charge < -0.3 is 14.2 Å². The van der Waals surface area contributed by atoms with Gasteiger partial charge in [0.25, 0.3) is 0 Å². The van der Waals surface area contributed by atoms with Crippen LogP contribution in [0.5, 0.6) is 5.75 Å². The van der Waals surface area contributed by atoms with Gasteiger partial charge in [0, 0.05) is 18.1 Å². The van der Waals surface area contributed by atoms with Gasteiger partial charge in [0.15, 0.2) is 0 Å². The number of fused-ring (bicyclic) bond motifs is 1. The largest absolute Gasteiger partial charge is 0.486 e. The summed E-state index contributed by atoms with van der Waals surface area (Å²) in [5.41, 5.74) is 1.83. The van der Waals surface area contributed by atoms with Crippen molar-refractivity contribution in [1.29, 1.82) is 0 Å². The minimum absolute atomic E-state index is 0.151. The lowest BCUT2D eigenvalue weighted by molar-refractivity contribution is -0.131. The number of nitrogens with zero attached hydrogens (tertiary/aromatic N) is 3. The van der Waals surface area contributed by atoms with E-state index < -0.39 is 0 Å². The number of carbonyl (C=O) groups excluding carboxylic acids is 1. The molecule has 2 heterocycles. The average Bonchev–Trinajstić information content (AvgIpc) is 2.88. The van der Waals surface area contributed by atoms with Crippen LogP contribution in [0.1, 0.15) is 31.5 Å². The average molecular weight is 398 g/mol. The second-order valence-electron chi connectivity index (χ2n) is 7.14. The molecule has 3 aromatic rings. The van der Waals surface area contributed by atoms with Crippen LogP contribution in [0.15, 0.2) is 48.5 Å². The SMILES string of the molecule is O=C(Cn1c(COc2ccc(Cl)cc2)nc2ccccc21)N1CCCCCC1. The number of likely N-dealkylation sites (tertiary alicyclic amines) is 1. The fraction of sp³-hybridized carbons (Fsp3) is 0.364. The Morgan fingerprint density at radius 1 is 1.00 bits per heavy atom. The first kappa shape index (κ1) is 18.8. The van der Waals surface area contributed by atoms with Crippen LogP contribution in [0.2, 0.25) is 5.02 Å². The van der Waals surface area contributed by atoms with Crippen LogP contribution < -0.4 is 4.74 Å². The zero-order valence-electron chi connectivity index (χ0n) is 15.8. The Balaban J connectivity index is 1.56. The number of aromatic nitrogens is 2. The highest BCUT2D eigenvalue weighted by molar-refractivity contribution is 6.30. The van der Waals surface area contributed by atoms with Crippen molar-refractivity contribution >= 4 is 28.5 Å². The molecule has 0 saturated carbocycles. The Hall–Kier alpha value is -2.53. The summed E-state index contributed by atoms with van der Waals surface area (Å²) in [6.45, 7) is 2.29. The monoisotopic (exact) mass is 397 g/mol. The maximum absolute atomic E-state index is 12.9. The van der Waals surface area contributed by atoms with Crippen molar-refractivity contribution in [2.45, 2.75) is 38.8 Å². The van der Waals surface area contributed by atoms with Crippen LogP contribution in [-0.2, 0) is 17.9 Å². The van der Waals surface area contributed by atoms with Crippen molar-refractivity contribution in [3.05, 3.63) is 59.4 Å². The van der Waals surface area contributed by atoms with Gasteiger partial charge in [-0.05, 0) is 49.2 Å². The van der Waals surface area contributed by atoms with Gasteiger partial charge in [0.2, 0.25) is 5.91 Å². The molecule has 0 radical (unpaired) electrons. The van der Waals surface area contributed by atoms with Crippen LogP contribution in [0.25, 0.3) is 11.0 Å². The molecule has 0 unspecified atom stereocenters. The predicted octanol–water partition coefficient (Wildman–Crippen LogP) is 4.67. The molecule has 0 spiro atoms. The summed E-state index contributed by atoms with van der Waals surface area (Å²) in [6.07, 6.45) is 4.59. The summed E-state index contributed by atoms with van der Waals surface area (Å²) in [7, 11) is 0. The fourth-order valence-electron chi connectivity index (χ4n) is 3.65. The Morgan fingerprint density at radius 3 is 2.46 bits per heavy atom. The first-order valence-corrected chi connectivity index (χ1v) is 10.2. The molecule has 0 aliphatic carbocycles. The van der Waals surface area contributed by atoms with Crippen molar-refractivity contribution in [2.75, 3.05) is 13.1 Å². The molecule has 4 rings (SSSR count). The second-order valence-corrected chi connectivity index (χ2v) is 7.58. The molecule has 1 aliphatic heterocycles. The van der Waals surface area contributed by atoms with E-state index in [1.54, 1.807) is 12.1 Å². The first-order chi connectivity index (χ1) is 13.7. The van der Waals surface area contributed by atoms with E-state index in [0.29, 0.717) is 18.2 Å². The number of halogens is 1. The number of imidazole rings is 1. The van der Waals surface area contributed by atoms with Gasteiger partial charge >= 0.3 is 0 Å². The Kier molecular flexibility index (Phi) is 5.81. The molecule has 1 aromatic heterocycles. The van der Waals surface area contributed by atoms with Gasteiger partial charge in [-0.25, -0.2) is 4.98 Å². The predicted molar refractivity (Wildman–Crippen MR) is 111 cm³/mol. The zero-order valence-corrected chi connectivity index (χ0v) is 16.6. The third-order valence-electron chi connectivity index (χ3n) is 5.17. The van der Waals surface area contributed by atoms with Crippen LogP contribution in [0.4, 0.5) is 0 Å². The highest BCUT2D eigenvalue weighted by Gasteiger charge is 2.19. The van der Waals surface area contributed by atoms with Crippen molar-refractivity contribution in [3.63, 3.8) is 0 Å². The Labute approximate surface area is 169 Å². The third-order valence-corrected chi connectivity index (χ3v) is 5.42. The maximum atomic E-state index is 12.9. The molecule has 0 atom stereocenters. The summed E-state index contributed by atoms with van der Waals surface area (Å²) < 4.78 is 7.88. The molecule has 1 aliphatic rings. The van der Waals surface area contributed by atoms with E-state index in [0.717, 1.165) is 48.5 Å². The third kappa shape index (κ3) is 4.30. The van der Waals surface area contributed by atoms with Gasteiger partial charge in [0.1, 0.15) is 24.7 Å². The molecule has 1 amide bonds. The minimum atomic E-state index is 0.151. The molecular weight excluding hydrogens is 374 g/mol. The van der Waals surface area contributed by atoms with E-state index in [-0.39, 0.29) is 5.91 Å². The van der Waals surface area contributed by atoms with E-state index in [1.165, 1.54) is 12.8 Å². The second kappa shape index (κ2) is 8.65. The maximum Gasteiger partial charge on any atom is 0.242 e. The Bertz CT molecular complexity index is 944. The molecule has 146 valence electrons. The van der Waals surface area contributed by atoms with Gasteiger partial charge in [-0.3, -0.25) is 4.79 Å². The van der Waals surface area contributed by atoms with Crippen molar-refractivity contribution in [1.82, 2.24) is 14.5 Å². The molecular formula is C22H24ClN3O2. The zero-order chi connectivity index (χ0) is 19.3. The molecule has 1 saturated heterocycles. The van der Waals surface area contributed by atoms with Crippen LogP contribution in [0, 0.1) is 0 Å². The topological polar surface area (TPSA) is 47.4 Å². The normalized spacial score (nSPS) is 14.8. The summed E-state index contributed by atoms with van der Waals surface area (Å²) in [5.74, 6) is 1.62. The van der Waals surface area contributed by atoms with Crippen molar-refractivity contribution < 1.29 is 9.53 Å². The first-order valence-electron chi connectivity index (χ1n) is 9.81. The Morgan fingerprint density at radius 2 is 1.71 bits per heavy atom. The lowest BCUT2D eigenvalue weighted by Crippen LogP contribution is -2.35. The van der Waals surface area contributed by atoms with E-state index in [9.17, 15) is 4.79 Å². The van der Waals surface area contributed by atoms with Crippen LogP contribution >= 0.6 is 11.6 Å². The molecule has 6 heteroatoms. The highest BCUT2D eigenvalue weighted by Crippen LogP contribution is 2.20. The molecule has 2 aromatic carbocycles. The highest BCUT2D eigenvalue weighted by atomic mass is 35.5. The summed E-state index contributed by atoms with van der Waals surface area (Å²) in [5, 5.41) is 0.669. The van der Waals surface area contributed by atoms with Gasteiger partial charge in [-0.2, -0.15) is 0 Å². The van der Waals surface area contributed by atoms with Gasteiger partial charge in [-0.1, -0.05) is 36.6 Å². The smallest absolute Gasteiger partial charge is 0.242 e. The van der Waals surface area contributed by atoms with Crippen molar-refractivity contribution in [3.8, 4) is 5.75 Å². The standard InChI is InChI=1S/C22H24ClN3O2/c23-17-9-11-18(12-10-17)28-16-21-24-19-7-3-4-8-20(19)26(21)15-22(27)25-13-5-1-2-6-14-25/h3-4,7-12H,1-2,5-6,13-16H2. The number of hydrogen-bond donors (Lipinski definition) is 0. The van der Waals surface area contributed by atoms with Crippen molar-refractivity contribution in [2.24, 2.45) is 0 Å². The van der Waals surface area contributed by atoms with E-state index in [4.69, 9.17) is 21.3 Å². The molecule has 0 bridgehead atoms. The summed E-state index contributed by atoms with van der Waals surface area (Å²) in [4.78, 5) is 19.6. The van der Waals surface area contributed by atoms with E-state index in [2.05, 4.69) is 0 Å². The van der Waals surface area contributed by atoms with E-state index in [1.807, 2.05) is 45.9 Å². The van der Waals surface area contributed by atoms with Crippen LogP contribution in [0.3, 0.4) is 0 Å². The number of hydrogen-bond acceptors (Lipinski definition) is 3. The number of benzene rings is 2. The minimum Gasteiger partial charge on any atom is -0.486 e. The number of ether oxygens (including phenoxy) is 1. The molecule has 0 N–H and O–H groups in total. The summed E-state index contributed by atoms with van der Waals surface area (Å²) in [6, 6.07) is 15.2. The fourth-order valence-corrected chi connectivity index (χ4v) is 3.77. The van der Waals surface area contributed by atoms with Crippen LogP contribution in [-0.4, -0.2) is 33.4 Å². The number of para-hydroxylation sites is 2. The lowest BCUT2D eigenvalue weighted by atomic mass is 10.2. The number of rotatable bonds is 5. The number of carbonyl (C=O) groups is 1. The lowest BCUT2D eigenvalue weighted by Gasteiger charge is -2.21.